The molecule has 1 aliphatic rings. The number of hydrogen-bond donors (Lipinski definition) is 1. The van der Waals surface area contributed by atoms with Crippen LogP contribution in [0.2, 0.25) is 0 Å². The van der Waals surface area contributed by atoms with Gasteiger partial charge in [-0.05, 0) is 54.8 Å². The molecule has 0 radical (unpaired) electrons. The van der Waals surface area contributed by atoms with E-state index in [1.807, 2.05) is 0 Å². The van der Waals surface area contributed by atoms with Crippen LogP contribution in [0.4, 0.5) is 8.78 Å². The van der Waals surface area contributed by atoms with Gasteiger partial charge in [-0.2, -0.15) is 5.10 Å². The number of hydrogen-bond acceptors (Lipinski definition) is 4. The van der Waals surface area contributed by atoms with Gasteiger partial charge in [-0.15, -0.1) is 0 Å². The minimum Gasteiger partial charge on any atom is -0.494 e. The van der Waals surface area contributed by atoms with Crippen LogP contribution in [-0.2, 0) is 16.1 Å². The summed E-state index contributed by atoms with van der Waals surface area (Å²) in [5.41, 5.74) is 1.04. The quantitative estimate of drug-likeness (QED) is 0.638. The standard InChI is InChI=1S/C22H23F2N3O3/c23-17-5-3-16(4-6-17)15-27-21(28)12-11-20(26-27)22(29)25-13-1-2-14-30-19-9-7-18(24)8-10-19/h3-10H,1-2,11-15H2,(H,25,29). The van der Waals surface area contributed by atoms with Gasteiger partial charge >= 0.3 is 0 Å². The molecule has 0 unspecified atom stereocenters. The predicted molar refractivity (Wildman–Crippen MR) is 108 cm³/mol. The fraction of sp³-hybridized carbons (Fsp3) is 0.318. The summed E-state index contributed by atoms with van der Waals surface area (Å²) in [6.07, 6.45) is 1.93. The van der Waals surface area contributed by atoms with E-state index in [9.17, 15) is 18.4 Å². The van der Waals surface area contributed by atoms with Crippen molar-refractivity contribution >= 4 is 17.5 Å². The minimum absolute atomic E-state index is 0.172. The Morgan fingerprint density at radius 2 is 1.67 bits per heavy atom. The number of hydrazone groups is 1. The Hall–Kier alpha value is -3.29. The molecule has 0 saturated carbocycles. The maximum Gasteiger partial charge on any atom is 0.267 e. The number of nitrogens with one attached hydrogen (secondary N) is 1. The van der Waals surface area contributed by atoms with Gasteiger partial charge in [0.25, 0.3) is 5.91 Å². The lowest BCUT2D eigenvalue weighted by atomic mass is 10.1. The molecule has 0 aromatic heterocycles. The highest BCUT2D eigenvalue weighted by atomic mass is 19.1. The summed E-state index contributed by atoms with van der Waals surface area (Å²) >= 11 is 0. The molecule has 0 bridgehead atoms. The molecule has 1 heterocycles. The van der Waals surface area contributed by atoms with Gasteiger partial charge in [-0.3, -0.25) is 9.59 Å². The van der Waals surface area contributed by atoms with Crippen LogP contribution < -0.4 is 10.1 Å². The van der Waals surface area contributed by atoms with Crippen molar-refractivity contribution in [2.45, 2.75) is 32.2 Å². The normalized spacial score (nSPS) is 13.7. The molecule has 2 aromatic rings. The molecule has 2 aromatic carbocycles. The summed E-state index contributed by atoms with van der Waals surface area (Å²) in [5, 5.41) is 8.24. The molecule has 0 atom stereocenters. The fourth-order valence-corrected chi connectivity index (χ4v) is 2.90. The number of ether oxygens (including phenoxy) is 1. The minimum atomic E-state index is -0.352. The summed E-state index contributed by atoms with van der Waals surface area (Å²) in [5.74, 6) is -0.535. The number of benzene rings is 2. The Bertz CT molecular complexity index is 899. The molecule has 0 spiro atoms. The maximum atomic E-state index is 13.0. The Morgan fingerprint density at radius 1 is 1.00 bits per heavy atom. The zero-order valence-corrected chi connectivity index (χ0v) is 16.4. The molecule has 1 N–H and O–H groups in total. The van der Waals surface area contributed by atoms with Crippen molar-refractivity contribution in [3.8, 4) is 5.75 Å². The lowest BCUT2D eigenvalue weighted by molar-refractivity contribution is -0.132. The van der Waals surface area contributed by atoms with E-state index in [1.165, 1.54) is 29.3 Å². The Kier molecular flexibility index (Phi) is 7.48. The molecular formula is C22H23F2N3O3. The second-order valence-corrected chi connectivity index (χ2v) is 6.89. The van der Waals surface area contributed by atoms with Gasteiger partial charge in [0.05, 0.1) is 13.2 Å². The highest BCUT2D eigenvalue weighted by molar-refractivity contribution is 6.39. The van der Waals surface area contributed by atoms with Crippen molar-refractivity contribution in [1.82, 2.24) is 10.3 Å². The third-order valence-corrected chi connectivity index (χ3v) is 4.55. The maximum absolute atomic E-state index is 13.0. The number of unbranched alkanes of at least 4 members (excludes halogenated alkanes) is 1. The van der Waals surface area contributed by atoms with Crippen molar-refractivity contribution in [2.75, 3.05) is 13.2 Å². The second-order valence-electron chi connectivity index (χ2n) is 6.89. The van der Waals surface area contributed by atoms with E-state index in [0.29, 0.717) is 31.0 Å². The molecule has 3 rings (SSSR count). The molecule has 158 valence electrons. The number of carbonyl (C=O) groups is 2. The van der Waals surface area contributed by atoms with Crippen molar-refractivity contribution in [3.63, 3.8) is 0 Å². The average molecular weight is 415 g/mol. The topological polar surface area (TPSA) is 71.0 Å². The van der Waals surface area contributed by atoms with E-state index in [2.05, 4.69) is 10.4 Å². The van der Waals surface area contributed by atoms with Crippen LogP contribution in [0.3, 0.4) is 0 Å². The molecule has 0 aliphatic carbocycles. The molecular weight excluding hydrogens is 392 g/mol. The summed E-state index contributed by atoms with van der Waals surface area (Å²) in [6.45, 7) is 1.11. The lowest BCUT2D eigenvalue weighted by Gasteiger charge is -2.23. The first-order valence-electron chi connectivity index (χ1n) is 9.80. The Labute approximate surface area is 173 Å². The van der Waals surface area contributed by atoms with Gasteiger partial charge in [0.15, 0.2) is 0 Å². The molecule has 0 fully saturated rings. The average Bonchev–Trinajstić information content (AvgIpc) is 2.75. The number of halogens is 2. The van der Waals surface area contributed by atoms with Crippen LogP contribution in [0, 0.1) is 11.6 Å². The number of nitrogens with zero attached hydrogens (tertiary/aromatic N) is 2. The first-order chi connectivity index (χ1) is 14.5. The van der Waals surface area contributed by atoms with E-state index in [1.54, 1.807) is 24.3 Å². The molecule has 30 heavy (non-hydrogen) atoms. The summed E-state index contributed by atoms with van der Waals surface area (Å²) < 4.78 is 31.4. The Morgan fingerprint density at radius 3 is 2.37 bits per heavy atom. The fourth-order valence-electron chi connectivity index (χ4n) is 2.90. The van der Waals surface area contributed by atoms with E-state index in [0.717, 1.165) is 12.0 Å². The van der Waals surface area contributed by atoms with Crippen LogP contribution in [0.15, 0.2) is 53.6 Å². The van der Waals surface area contributed by atoms with Crippen LogP contribution >= 0.6 is 0 Å². The van der Waals surface area contributed by atoms with Crippen molar-refractivity contribution < 1.29 is 23.1 Å². The lowest BCUT2D eigenvalue weighted by Crippen LogP contribution is -2.39. The Balaban J connectivity index is 1.40. The van der Waals surface area contributed by atoms with Gasteiger partial charge < -0.3 is 10.1 Å². The van der Waals surface area contributed by atoms with E-state index in [4.69, 9.17) is 4.74 Å². The third-order valence-electron chi connectivity index (χ3n) is 4.55. The van der Waals surface area contributed by atoms with E-state index >= 15 is 0 Å². The van der Waals surface area contributed by atoms with Crippen LogP contribution in [-0.4, -0.2) is 35.7 Å². The van der Waals surface area contributed by atoms with Gasteiger partial charge in [-0.1, -0.05) is 12.1 Å². The number of carbonyl (C=O) groups excluding carboxylic acids is 2. The van der Waals surface area contributed by atoms with E-state index in [-0.39, 0.29) is 42.8 Å². The SMILES string of the molecule is O=C(NCCCCOc1ccc(F)cc1)C1=NN(Cc2ccc(F)cc2)C(=O)CC1. The zero-order chi connectivity index (χ0) is 21.3. The molecule has 2 amide bonds. The molecule has 0 saturated heterocycles. The number of rotatable bonds is 9. The monoisotopic (exact) mass is 415 g/mol. The summed E-state index contributed by atoms with van der Waals surface area (Å²) in [7, 11) is 0. The predicted octanol–water partition coefficient (Wildman–Crippen LogP) is 3.42. The van der Waals surface area contributed by atoms with Crippen LogP contribution in [0.5, 0.6) is 5.75 Å². The third kappa shape index (κ3) is 6.37. The van der Waals surface area contributed by atoms with Crippen molar-refractivity contribution in [2.24, 2.45) is 5.10 Å². The van der Waals surface area contributed by atoms with Gasteiger partial charge in [0.1, 0.15) is 23.1 Å². The second kappa shape index (κ2) is 10.5. The zero-order valence-electron chi connectivity index (χ0n) is 16.4. The van der Waals surface area contributed by atoms with Crippen molar-refractivity contribution in [3.05, 3.63) is 65.7 Å². The van der Waals surface area contributed by atoms with Gasteiger partial charge in [-0.25, -0.2) is 13.8 Å². The largest absolute Gasteiger partial charge is 0.494 e. The van der Waals surface area contributed by atoms with E-state index < -0.39 is 0 Å². The highest BCUT2D eigenvalue weighted by Gasteiger charge is 2.24. The van der Waals surface area contributed by atoms with Crippen LogP contribution in [0.25, 0.3) is 0 Å². The van der Waals surface area contributed by atoms with Crippen LogP contribution in [0.1, 0.15) is 31.2 Å². The smallest absolute Gasteiger partial charge is 0.267 e. The first kappa shape index (κ1) is 21.4. The first-order valence-corrected chi connectivity index (χ1v) is 9.80. The summed E-state index contributed by atoms with van der Waals surface area (Å²) in [6, 6.07) is 11.6. The highest BCUT2D eigenvalue weighted by Crippen LogP contribution is 2.14. The van der Waals surface area contributed by atoms with Gasteiger partial charge in [0.2, 0.25) is 5.91 Å². The van der Waals surface area contributed by atoms with Gasteiger partial charge in [0, 0.05) is 19.4 Å². The van der Waals surface area contributed by atoms with Crippen molar-refractivity contribution in [1.29, 1.82) is 0 Å². The molecule has 1 aliphatic heterocycles. The molecule has 8 heteroatoms. The number of amides is 2. The summed E-state index contributed by atoms with van der Waals surface area (Å²) in [4.78, 5) is 24.4. The molecule has 6 nitrogen and oxygen atoms in total.